The van der Waals surface area contributed by atoms with Crippen LogP contribution in [-0.4, -0.2) is 0 Å². The zero-order chi connectivity index (χ0) is 29.6. The first-order chi connectivity index (χ1) is 22.3. The highest BCUT2D eigenvalue weighted by Crippen LogP contribution is 2.51. The molecule has 0 saturated heterocycles. The van der Waals surface area contributed by atoms with E-state index in [1.165, 1.54) is 91.6 Å². The molecule has 0 N–H and O–H groups in total. The number of rotatable bonds is 2. The minimum absolute atomic E-state index is 0.716. The number of hydrogen-bond donors (Lipinski definition) is 0. The summed E-state index contributed by atoms with van der Waals surface area (Å²) >= 11 is 1.87. The summed E-state index contributed by atoms with van der Waals surface area (Å²) in [4.78, 5) is 3.81. The molecular weight excluding hydrogens is 563 g/mol. The normalized spacial score (nSPS) is 12.0. The van der Waals surface area contributed by atoms with Crippen molar-refractivity contribution in [2.45, 2.75) is 0 Å². The Labute approximate surface area is 264 Å². The molecule has 1 aliphatic rings. The van der Waals surface area contributed by atoms with Gasteiger partial charge in [0, 0.05) is 20.2 Å². The first-order valence-corrected chi connectivity index (χ1v) is 16.0. The van der Waals surface area contributed by atoms with Crippen LogP contribution in [-0.2, 0) is 0 Å². The molecule has 45 heavy (non-hydrogen) atoms. The molecule has 0 fully saturated rings. The van der Waals surface area contributed by atoms with Crippen LogP contribution in [0, 0.1) is 6.57 Å². The quantitative estimate of drug-likeness (QED) is 0.140. The third-order valence-electron chi connectivity index (χ3n) is 9.62. The molecule has 2 heteroatoms. The van der Waals surface area contributed by atoms with Crippen LogP contribution in [0.1, 0.15) is 0 Å². The van der Waals surface area contributed by atoms with Gasteiger partial charge in [-0.15, -0.1) is 11.3 Å². The van der Waals surface area contributed by atoms with Crippen LogP contribution in [0.5, 0.6) is 0 Å². The molecule has 1 aliphatic carbocycles. The highest BCUT2D eigenvalue weighted by Gasteiger charge is 2.23. The molecule has 1 aromatic heterocycles. The van der Waals surface area contributed by atoms with Crippen LogP contribution in [0.3, 0.4) is 0 Å². The predicted molar refractivity (Wildman–Crippen MR) is 193 cm³/mol. The van der Waals surface area contributed by atoms with E-state index in [1.54, 1.807) is 0 Å². The van der Waals surface area contributed by atoms with Crippen molar-refractivity contribution in [2.75, 3.05) is 0 Å². The molecular formula is C43H23NS. The van der Waals surface area contributed by atoms with E-state index in [4.69, 9.17) is 6.57 Å². The van der Waals surface area contributed by atoms with Crippen molar-refractivity contribution >= 4 is 69.5 Å². The monoisotopic (exact) mass is 585 g/mol. The number of thiophene rings is 1. The Kier molecular flexibility index (Phi) is 5.00. The SMILES string of the molecule is [C-]#[N+]c1ccc2c3c(cccc13)-c1cc(-c3cccc4sc5ccc(-c6cccc7ccc8ccccc8c67)cc5c34)ccc1-2. The molecule has 0 amide bonds. The van der Waals surface area contributed by atoms with E-state index in [1.807, 2.05) is 17.4 Å². The van der Waals surface area contributed by atoms with Crippen LogP contribution < -0.4 is 0 Å². The average Bonchev–Trinajstić information content (AvgIpc) is 3.64. The Morgan fingerprint density at radius 1 is 0.400 bits per heavy atom. The van der Waals surface area contributed by atoms with E-state index in [0.29, 0.717) is 5.69 Å². The lowest BCUT2D eigenvalue weighted by molar-refractivity contribution is 1.66. The Bertz CT molecular complexity index is 2770. The Hall–Kier alpha value is -5.75. The lowest BCUT2D eigenvalue weighted by Crippen LogP contribution is -1.85. The van der Waals surface area contributed by atoms with Crippen molar-refractivity contribution in [3.8, 4) is 44.5 Å². The summed E-state index contributed by atoms with van der Waals surface area (Å²) in [6.45, 7) is 7.69. The first kappa shape index (κ1) is 24.7. The van der Waals surface area contributed by atoms with Gasteiger partial charge in [-0.05, 0) is 101 Å². The van der Waals surface area contributed by atoms with Gasteiger partial charge in [0.05, 0.1) is 6.57 Å². The fourth-order valence-corrected chi connectivity index (χ4v) is 8.75. The summed E-state index contributed by atoms with van der Waals surface area (Å²) in [5.74, 6) is 0. The van der Waals surface area contributed by atoms with Gasteiger partial charge in [-0.25, -0.2) is 4.85 Å². The van der Waals surface area contributed by atoms with E-state index in [0.717, 1.165) is 5.39 Å². The Balaban J connectivity index is 1.20. The van der Waals surface area contributed by atoms with Crippen molar-refractivity contribution in [1.29, 1.82) is 0 Å². The van der Waals surface area contributed by atoms with Gasteiger partial charge in [-0.2, -0.15) is 0 Å². The molecule has 0 unspecified atom stereocenters. The van der Waals surface area contributed by atoms with Gasteiger partial charge in [0.25, 0.3) is 0 Å². The van der Waals surface area contributed by atoms with Crippen molar-refractivity contribution in [1.82, 2.24) is 0 Å². The van der Waals surface area contributed by atoms with Crippen molar-refractivity contribution in [3.63, 3.8) is 0 Å². The number of nitrogens with zero attached hydrogens (tertiary/aromatic N) is 1. The van der Waals surface area contributed by atoms with Crippen LogP contribution >= 0.6 is 11.3 Å². The van der Waals surface area contributed by atoms with Crippen LogP contribution in [0.15, 0.2) is 140 Å². The van der Waals surface area contributed by atoms with Gasteiger partial charge in [-0.3, -0.25) is 0 Å². The summed E-state index contributed by atoms with van der Waals surface area (Å²) in [5.41, 5.74) is 10.6. The Morgan fingerprint density at radius 2 is 1.09 bits per heavy atom. The molecule has 206 valence electrons. The Morgan fingerprint density at radius 3 is 2.02 bits per heavy atom. The van der Waals surface area contributed by atoms with Crippen molar-refractivity contribution in [2.24, 2.45) is 0 Å². The standard InChI is InChI=1S/C43H23NS/c1-44-38-21-20-34-32-19-17-27(23-36(32)33-12-5-13-35(38)42(33)34)31-11-6-14-40-43(31)37-24-28(18-22-39(37)45-40)30-10-4-8-26-16-15-25-7-2-3-9-29(25)41(26)30/h2-24H. The highest BCUT2D eigenvalue weighted by atomic mass is 32.1. The van der Waals surface area contributed by atoms with Gasteiger partial charge in [0.1, 0.15) is 0 Å². The second kappa shape index (κ2) is 9.13. The van der Waals surface area contributed by atoms with Crippen molar-refractivity contribution < 1.29 is 0 Å². The first-order valence-electron chi connectivity index (χ1n) is 15.2. The maximum atomic E-state index is 7.69. The van der Waals surface area contributed by atoms with E-state index in [2.05, 4.69) is 138 Å². The molecule has 0 bridgehead atoms. The number of hydrogen-bond acceptors (Lipinski definition) is 1. The largest absolute Gasteiger partial charge is 0.238 e. The molecule has 0 saturated carbocycles. The van der Waals surface area contributed by atoms with Gasteiger partial charge >= 0.3 is 0 Å². The van der Waals surface area contributed by atoms with E-state index < -0.39 is 0 Å². The fourth-order valence-electron chi connectivity index (χ4n) is 7.64. The van der Waals surface area contributed by atoms with E-state index in [-0.39, 0.29) is 0 Å². The molecule has 10 rings (SSSR count). The molecule has 8 aromatic carbocycles. The summed E-state index contributed by atoms with van der Waals surface area (Å²) in [6, 6.07) is 50.9. The average molecular weight is 586 g/mol. The smallest absolute Gasteiger partial charge is 0.194 e. The molecule has 1 heterocycles. The maximum absolute atomic E-state index is 7.69. The molecule has 0 radical (unpaired) electrons. The predicted octanol–water partition coefficient (Wildman–Crippen LogP) is 13.0. The number of fused-ring (bicyclic) bond motifs is 9. The molecule has 9 aromatic rings. The van der Waals surface area contributed by atoms with Crippen molar-refractivity contribution in [3.05, 3.63) is 151 Å². The lowest BCUT2D eigenvalue weighted by Gasteiger charge is -2.11. The molecule has 0 aliphatic heterocycles. The minimum atomic E-state index is 0.716. The second-order valence-electron chi connectivity index (χ2n) is 11.9. The lowest BCUT2D eigenvalue weighted by atomic mass is 9.92. The fraction of sp³-hybridized carbons (Fsp3) is 0. The van der Waals surface area contributed by atoms with Crippen LogP contribution in [0.25, 0.3) is 102 Å². The van der Waals surface area contributed by atoms with Crippen LogP contribution in [0.2, 0.25) is 0 Å². The molecule has 0 atom stereocenters. The summed E-state index contributed by atoms with van der Waals surface area (Å²) < 4.78 is 2.60. The van der Waals surface area contributed by atoms with Gasteiger partial charge < -0.3 is 0 Å². The molecule has 1 nitrogen and oxygen atoms in total. The summed E-state index contributed by atoms with van der Waals surface area (Å²) in [6.07, 6.45) is 0. The zero-order valence-electron chi connectivity index (χ0n) is 24.1. The van der Waals surface area contributed by atoms with E-state index in [9.17, 15) is 0 Å². The van der Waals surface area contributed by atoms with Gasteiger partial charge in [0.2, 0.25) is 0 Å². The highest BCUT2D eigenvalue weighted by molar-refractivity contribution is 7.26. The zero-order valence-corrected chi connectivity index (χ0v) is 25.0. The topological polar surface area (TPSA) is 4.36 Å². The minimum Gasteiger partial charge on any atom is -0.238 e. The maximum Gasteiger partial charge on any atom is 0.194 e. The van der Waals surface area contributed by atoms with Gasteiger partial charge in [-0.1, -0.05) is 115 Å². The second-order valence-corrected chi connectivity index (χ2v) is 13.0. The van der Waals surface area contributed by atoms with Crippen LogP contribution in [0.4, 0.5) is 5.69 Å². The van der Waals surface area contributed by atoms with E-state index >= 15 is 0 Å². The third-order valence-corrected chi connectivity index (χ3v) is 10.8. The van der Waals surface area contributed by atoms with Gasteiger partial charge in [0.15, 0.2) is 5.69 Å². The number of benzene rings is 8. The third kappa shape index (κ3) is 3.42. The molecule has 0 spiro atoms. The summed E-state index contributed by atoms with van der Waals surface area (Å²) in [7, 11) is 0. The summed E-state index contributed by atoms with van der Waals surface area (Å²) in [5, 5.41) is 9.98.